The number of benzene rings is 1. The Kier molecular flexibility index (Phi) is 5.71. The van der Waals surface area contributed by atoms with E-state index in [2.05, 4.69) is 34.2 Å². The minimum atomic E-state index is -0.372. The van der Waals surface area contributed by atoms with Crippen LogP contribution in [0.1, 0.15) is 34.5 Å². The van der Waals surface area contributed by atoms with Gasteiger partial charge in [0.05, 0.1) is 19.9 Å². The van der Waals surface area contributed by atoms with Crippen molar-refractivity contribution in [3.05, 3.63) is 47.3 Å². The summed E-state index contributed by atoms with van der Waals surface area (Å²) in [6.07, 6.45) is 4.00. The summed E-state index contributed by atoms with van der Waals surface area (Å²) in [6, 6.07) is 8.17. The van der Waals surface area contributed by atoms with Gasteiger partial charge in [0.2, 0.25) is 0 Å². The molecular weight excluding hydrogens is 318 g/mol. The van der Waals surface area contributed by atoms with Gasteiger partial charge in [-0.1, -0.05) is 17.7 Å². The fourth-order valence-corrected chi connectivity index (χ4v) is 3.23. The average molecular weight is 343 g/mol. The zero-order valence-corrected chi connectivity index (χ0v) is 14.8. The van der Waals surface area contributed by atoms with E-state index < -0.39 is 0 Å². The molecule has 1 aliphatic heterocycles. The Bertz CT molecular complexity index is 696. The summed E-state index contributed by atoms with van der Waals surface area (Å²) >= 11 is 0. The molecule has 134 valence electrons. The molecule has 0 radical (unpaired) electrons. The van der Waals surface area contributed by atoms with E-state index in [9.17, 15) is 4.79 Å². The number of methoxy groups -OCH3 is 1. The number of nitrogens with zero attached hydrogens (tertiary/aromatic N) is 2. The van der Waals surface area contributed by atoms with Crippen LogP contribution in [0.3, 0.4) is 0 Å². The number of aromatic nitrogens is 2. The van der Waals surface area contributed by atoms with E-state index >= 15 is 0 Å². The van der Waals surface area contributed by atoms with E-state index in [1.807, 2.05) is 12.1 Å². The minimum absolute atomic E-state index is 0.372. The number of aromatic amines is 1. The lowest BCUT2D eigenvalue weighted by Crippen LogP contribution is -2.37. The highest BCUT2D eigenvalue weighted by Gasteiger charge is 2.23. The van der Waals surface area contributed by atoms with E-state index in [4.69, 9.17) is 9.47 Å². The van der Waals surface area contributed by atoms with Crippen molar-refractivity contribution in [3.63, 3.8) is 0 Å². The number of carbonyl (C=O) groups is 1. The van der Waals surface area contributed by atoms with Gasteiger partial charge in [0, 0.05) is 24.6 Å². The summed E-state index contributed by atoms with van der Waals surface area (Å²) in [7, 11) is 1.38. The van der Waals surface area contributed by atoms with Crippen LogP contribution < -0.4 is 4.74 Å². The molecule has 1 atom stereocenters. The van der Waals surface area contributed by atoms with Crippen molar-refractivity contribution in [2.45, 2.75) is 26.3 Å². The quantitative estimate of drug-likeness (QED) is 0.817. The molecule has 1 N–H and O–H groups in total. The lowest BCUT2D eigenvalue weighted by Gasteiger charge is -2.32. The highest BCUT2D eigenvalue weighted by atomic mass is 16.5. The highest BCUT2D eigenvalue weighted by Crippen LogP contribution is 2.21. The van der Waals surface area contributed by atoms with Gasteiger partial charge in [0.15, 0.2) is 0 Å². The SMILES string of the molecule is COC(=O)c1[nH]ncc1CN1CCC[C@H](COc2ccc(C)cc2)C1. The molecule has 1 aromatic carbocycles. The lowest BCUT2D eigenvalue weighted by molar-refractivity contribution is 0.0590. The molecule has 2 aromatic rings. The first-order chi connectivity index (χ1) is 12.2. The van der Waals surface area contributed by atoms with E-state index in [0.29, 0.717) is 18.2 Å². The number of hydrogen-bond acceptors (Lipinski definition) is 5. The maximum Gasteiger partial charge on any atom is 0.356 e. The van der Waals surface area contributed by atoms with Crippen LogP contribution >= 0.6 is 0 Å². The molecule has 0 bridgehead atoms. The molecule has 0 saturated carbocycles. The van der Waals surface area contributed by atoms with Gasteiger partial charge in [-0.05, 0) is 38.4 Å². The summed E-state index contributed by atoms with van der Waals surface area (Å²) < 4.78 is 10.7. The number of piperidine rings is 1. The largest absolute Gasteiger partial charge is 0.493 e. The predicted molar refractivity (Wildman–Crippen MR) is 94.6 cm³/mol. The first kappa shape index (κ1) is 17.5. The van der Waals surface area contributed by atoms with Gasteiger partial charge in [-0.15, -0.1) is 0 Å². The fraction of sp³-hybridized carbons (Fsp3) is 0.474. The Morgan fingerprint density at radius 1 is 1.36 bits per heavy atom. The molecule has 1 fully saturated rings. The van der Waals surface area contributed by atoms with Crippen molar-refractivity contribution >= 4 is 5.97 Å². The van der Waals surface area contributed by atoms with E-state index in [0.717, 1.165) is 43.9 Å². The molecular formula is C19H25N3O3. The normalized spacial score (nSPS) is 18.1. The molecule has 0 spiro atoms. The predicted octanol–water partition coefficient (Wildman–Crippen LogP) is 2.80. The number of carbonyl (C=O) groups excluding carboxylic acids is 1. The van der Waals surface area contributed by atoms with Crippen LogP contribution in [0.15, 0.2) is 30.5 Å². The molecule has 6 nitrogen and oxygen atoms in total. The zero-order chi connectivity index (χ0) is 17.6. The van der Waals surface area contributed by atoms with Crippen LogP contribution in [-0.4, -0.2) is 47.9 Å². The Morgan fingerprint density at radius 2 is 2.16 bits per heavy atom. The molecule has 6 heteroatoms. The van der Waals surface area contributed by atoms with Gasteiger partial charge >= 0.3 is 5.97 Å². The molecule has 25 heavy (non-hydrogen) atoms. The average Bonchev–Trinajstić information content (AvgIpc) is 3.09. The maximum atomic E-state index is 11.8. The molecule has 0 unspecified atom stereocenters. The van der Waals surface area contributed by atoms with Gasteiger partial charge in [-0.25, -0.2) is 4.79 Å². The Hall–Kier alpha value is -2.34. The molecule has 2 heterocycles. The van der Waals surface area contributed by atoms with Crippen LogP contribution in [-0.2, 0) is 11.3 Å². The van der Waals surface area contributed by atoms with Crippen LogP contribution in [0.2, 0.25) is 0 Å². The molecule has 1 aliphatic rings. The Labute approximate surface area is 148 Å². The second kappa shape index (κ2) is 8.16. The topological polar surface area (TPSA) is 67.5 Å². The molecule has 0 aliphatic carbocycles. The number of nitrogens with one attached hydrogen (secondary N) is 1. The van der Waals surface area contributed by atoms with Crippen LogP contribution in [0.25, 0.3) is 0 Å². The number of hydrogen-bond donors (Lipinski definition) is 1. The third kappa shape index (κ3) is 4.60. The molecule has 3 rings (SSSR count). The summed E-state index contributed by atoms with van der Waals surface area (Å²) in [6.45, 7) is 5.46. The smallest absolute Gasteiger partial charge is 0.356 e. The first-order valence-electron chi connectivity index (χ1n) is 8.68. The van der Waals surface area contributed by atoms with Gasteiger partial charge in [-0.3, -0.25) is 10.00 Å². The number of esters is 1. The Morgan fingerprint density at radius 3 is 2.92 bits per heavy atom. The second-order valence-electron chi connectivity index (χ2n) is 6.63. The third-order valence-corrected chi connectivity index (χ3v) is 4.61. The number of aryl methyl sites for hydroxylation is 1. The Balaban J connectivity index is 1.53. The van der Waals surface area contributed by atoms with E-state index in [1.165, 1.54) is 12.7 Å². The van der Waals surface area contributed by atoms with Crippen molar-refractivity contribution in [1.82, 2.24) is 15.1 Å². The second-order valence-corrected chi connectivity index (χ2v) is 6.63. The van der Waals surface area contributed by atoms with Crippen LogP contribution in [0.5, 0.6) is 5.75 Å². The van der Waals surface area contributed by atoms with Gasteiger partial charge in [0.25, 0.3) is 0 Å². The van der Waals surface area contributed by atoms with Gasteiger partial charge < -0.3 is 9.47 Å². The summed E-state index contributed by atoms with van der Waals surface area (Å²) in [5.41, 5.74) is 2.56. The van der Waals surface area contributed by atoms with E-state index in [-0.39, 0.29) is 5.97 Å². The molecule has 1 saturated heterocycles. The van der Waals surface area contributed by atoms with Crippen LogP contribution in [0.4, 0.5) is 0 Å². The minimum Gasteiger partial charge on any atom is -0.493 e. The fourth-order valence-electron chi connectivity index (χ4n) is 3.23. The monoisotopic (exact) mass is 343 g/mol. The summed E-state index contributed by atoms with van der Waals surface area (Å²) in [5, 5.41) is 6.71. The van der Waals surface area contributed by atoms with Crippen molar-refractivity contribution in [3.8, 4) is 5.75 Å². The van der Waals surface area contributed by atoms with Gasteiger partial charge in [0.1, 0.15) is 11.4 Å². The lowest BCUT2D eigenvalue weighted by atomic mass is 9.98. The maximum absolute atomic E-state index is 11.8. The highest BCUT2D eigenvalue weighted by molar-refractivity contribution is 5.88. The summed E-state index contributed by atoms with van der Waals surface area (Å²) in [5.74, 6) is 1.04. The third-order valence-electron chi connectivity index (χ3n) is 4.61. The van der Waals surface area contributed by atoms with Gasteiger partial charge in [-0.2, -0.15) is 5.10 Å². The number of H-pyrrole nitrogens is 1. The zero-order valence-electron chi connectivity index (χ0n) is 14.8. The standard InChI is InChI=1S/C19H25N3O3/c1-14-5-7-17(8-6-14)25-13-15-4-3-9-22(11-15)12-16-10-20-21-18(16)19(23)24-2/h5-8,10,15H,3-4,9,11-13H2,1-2H3,(H,20,21)/t15-/m0/s1. The number of ether oxygens (including phenoxy) is 2. The van der Waals surface area contributed by atoms with Crippen molar-refractivity contribution in [2.75, 3.05) is 26.8 Å². The first-order valence-corrected chi connectivity index (χ1v) is 8.68. The number of rotatable bonds is 6. The number of likely N-dealkylation sites (tertiary alicyclic amines) is 1. The van der Waals surface area contributed by atoms with E-state index in [1.54, 1.807) is 6.20 Å². The van der Waals surface area contributed by atoms with Crippen molar-refractivity contribution < 1.29 is 14.3 Å². The van der Waals surface area contributed by atoms with Crippen molar-refractivity contribution in [1.29, 1.82) is 0 Å². The summed E-state index contributed by atoms with van der Waals surface area (Å²) in [4.78, 5) is 14.1. The van der Waals surface area contributed by atoms with Crippen LogP contribution in [0, 0.1) is 12.8 Å². The van der Waals surface area contributed by atoms with Crippen molar-refractivity contribution in [2.24, 2.45) is 5.92 Å². The molecule has 0 amide bonds. The molecule has 1 aromatic heterocycles.